The molecule has 0 aliphatic heterocycles. The van der Waals surface area contributed by atoms with Crippen molar-refractivity contribution in [1.82, 2.24) is 14.3 Å². The molecule has 31 heavy (non-hydrogen) atoms. The smallest absolute Gasteiger partial charge is 0.242 e. The van der Waals surface area contributed by atoms with Crippen LogP contribution in [0.3, 0.4) is 0 Å². The van der Waals surface area contributed by atoms with Gasteiger partial charge in [-0.1, -0.05) is 42.5 Å². The molecule has 1 aromatic heterocycles. The first-order valence-electron chi connectivity index (χ1n) is 9.78. The lowest BCUT2D eigenvalue weighted by Crippen LogP contribution is -2.22. The molecule has 7 nitrogen and oxygen atoms in total. The number of hydrogen-bond acceptors (Lipinski definition) is 6. The third-order valence-electron chi connectivity index (χ3n) is 4.80. The van der Waals surface area contributed by atoms with Crippen molar-refractivity contribution in [3.63, 3.8) is 0 Å². The van der Waals surface area contributed by atoms with E-state index in [1.807, 2.05) is 42.5 Å². The number of para-hydroxylation sites is 1. The van der Waals surface area contributed by atoms with Crippen molar-refractivity contribution >= 4 is 38.4 Å². The highest BCUT2D eigenvalue weighted by Crippen LogP contribution is 2.25. The average molecular weight is 434 g/mol. The van der Waals surface area contributed by atoms with Crippen LogP contribution in [0.1, 0.15) is 5.56 Å². The minimum Gasteiger partial charge on any atom is -0.365 e. The number of anilines is 3. The van der Waals surface area contributed by atoms with Gasteiger partial charge in [-0.25, -0.2) is 17.7 Å². The summed E-state index contributed by atoms with van der Waals surface area (Å²) in [5.41, 5.74) is 2.65. The van der Waals surface area contributed by atoms with E-state index in [1.165, 1.54) is 18.4 Å². The van der Waals surface area contributed by atoms with Gasteiger partial charge in [-0.2, -0.15) is 4.98 Å². The van der Waals surface area contributed by atoms with E-state index in [0.29, 0.717) is 18.2 Å². The van der Waals surface area contributed by atoms with Gasteiger partial charge < -0.3 is 10.6 Å². The Morgan fingerprint density at radius 2 is 1.52 bits per heavy atom. The lowest BCUT2D eigenvalue weighted by atomic mass is 10.2. The third-order valence-corrected chi connectivity index (χ3v) is 6.62. The number of sulfonamides is 1. The van der Waals surface area contributed by atoms with E-state index in [0.717, 1.165) is 22.3 Å². The molecule has 0 amide bonds. The first kappa shape index (κ1) is 20.8. The van der Waals surface area contributed by atoms with Gasteiger partial charge in [0, 0.05) is 31.7 Å². The van der Waals surface area contributed by atoms with Gasteiger partial charge >= 0.3 is 0 Å². The zero-order chi connectivity index (χ0) is 21.8. The fourth-order valence-electron chi connectivity index (χ4n) is 3.10. The molecule has 0 saturated carbocycles. The minimum atomic E-state index is -3.47. The first-order chi connectivity index (χ1) is 14.9. The molecule has 0 saturated heterocycles. The van der Waals surface area contributed by atoms with Gasteiger partial charge in [-0.3, -0.25) is 0 Å². The average Bonchev–Trinajstić information content (AvgIpc) is 2.78. The maximum atomic E-state index is 12.3. The standard InChI is InChI=1S/C23H23N5O2S/c1-28(2)31(29,30)19-14-12-18(13-15-19)25-23-26-21-11-7-6-10-20(21)22(27-23)24-16-17-8-4-3-5-9-17/h3-15H,16H2,1-2H3,(H2,24,25,26,27). The number of benzene rings is 3. The normalized spacial score (nSPS) is 11.6. The van der Waals surface area contributed by atoms with Crippen LogP contribution in [0.15, 0.2) is 83.8 Å². The minimum absolute atomic E-state index is 0.229. The van der Waals surface area contributed by atoms with Crippen LogP contribution in [-0.2, 0) is 16.6 Å². The summed E-state index contributed by atoms with van der Waals surface area (Å²) in [6.45, 7) is 0.637. The molecule has 1 heterocycles. The Balaban J connectivity index is 1.61. The highest BCUT2D eigenvalue weighted by atomic mass is 32.2. The summed E-state index contributed by atoms with van der Waals surface area (Å²) in [5, 5.41) is 7.49. The molecule has 2 N–H and O–H groups in total. The second kappa shape index (κ2) is 8.71. The number of rotatable bonds is 7. The van der Waals surface area contributed by atoms with Crippen LogP contribution in [0.2, 0.25) is 0 Å². The van der Waals surface area contributed by atoms with E-state index in [1.54, 1.807) is 24.3 Å². The van der Waals surface area contributed by atoms with Crippen LogP contribution >= 0.6 is 0 Å². The zero-order valence-corrected chi connectivity index (χ0v) is 18.1. The van der Waals surface area contributed by atoms with Crippen LogP contribution in [0.5, 0.6) is 0 Å². The maximum Gasteiger partial charge on any atom is 0.242 e. The van der Waals surface area contributed by atoms with Crippen LogP contribution in [0, 0.1) is 0 Å². The largest absolute Gasteiger partial charge is 0.365 e. The van der Waals surface area contributed by atoms with Gasteiger partial charge in [0.15, 0.2) is 0 Å². The monoisotopic (exact) mass is 433 g/mol. The van der Waals surface area contributed by atoms with Gasteiger partial charge in [0.2, 0.25) is 16.0 Å². The van der Waals surface area contributed by atoms with E-state index in [4.69, 9.17) is 0 Å². The molecule has 8 heteroatoms. The summed E-state index contributed by atoms with van der Waals surface area (Å²) in [4.78, 5) is 9.48. The highest BCUT2D eigenvalue weighted by molar-refractivity contribution is 7.89. The molecule has 0 unspecified atom stereocenters. The molecule has 158 valence electrons. The summed E-state index contributed by atoms with van der Waals surface area (Å²) in [7, 11) is -0.455. The molecule has 0 bridgehead atoms. The Bertz CT molecular complexity index is 1290. The van der Waals surface area contributed by atoms with Crippen LogP contribution in [0.25, 0.3) is 10.9 Å². The predicted molar refractivity (Wildman–Crippen MR) is 124 cm³/mol. The van der Waals surface area contributed by atoms with Crippen LogP contribution < -0.4 is 10.6 Å². The fourth-order valence-corrected chi connectivity index (χ4v) is 4.00. The van der Waals surface area contributed by atoms with E-state index >= 15 is 0 Å². The number of fused-ring (bicyclic) bond motifs is 1. The van der Waals surface area contributed by atoms with Crippen molar-refractivity contribution < 1.29 is 8.42 Å². The summed E-state index contributed by atoms with van der Waals surface area (Å²) in [5.74, 6) is 1.15. The molecule has 3 aromatic carbocycles. The quantitative estimate of drug-likeness (QED) is 0.453. The highest BCUT2D eigenvalue weighted by Gasteiger charge is 2.16. The van der Waals surface area contributed by atoms with Crippen molar-refractivity contribution in [3.05, 3.63) is 84.4 Å². The van der Waals surface area contributed by atoms with Crippen molar-refractivity contribution in [2.45, 2.75) is 11.4 Å². The van der Waals surface area contributed by atoms with Crippen LogP contribution in [-0.4, -0.2) is 36.8 Å². The van der Waals surface area contributed by atoms with E-state index in [9.17, 15) is 8.42 Å². The lowest BCUT2D eigenvalue weighted by Gasteiger charge is -2.13. The van der Waals surface area contributed by atoms with Gasteiger partial charge in [-0.05, 0) is 42.0 Å². The topological polar surface area (TPSA) is 87.2 Å². The van der Waals surface area contributed by atoms with E-state index in [-0.39, 0.29) is 4.90 Å². The third kappa shape index (κ3) is 4.65. The molecule has 0 aliphatic carbocycles. The second-order valence-electron chi connectivity index (χ2n) is 7.19. The zero-order valence-electron chi connectivity index (χ0n) is 17.3. The Hall–Kier alpha value is -3.49. The Kier molecular flexibility index (Phi) is 5.83. The summed E-state index contributed by atoms with van der Waals surface area (Å²) in [6, 6.07) is 24.4. The number of aromatic nitrogens is 2. The molecular weight excluding hydrogens is 410 g/mol. The molecule has 0 aliphatic rings. The van der Waals surface area contributed by atoms with Gasteiger partial charge in [0.1, 0.15) is 5.82 Å². The predicted octanol–water partition coefficient (Wildman–Crippen LogP) is 4.24. The lowest BCUT2D eigenvalue weighted by molar-refractivity contribution is 0.521. The Labute approximate surface area is 181 Å². The van der Waals surface area contributed by atoms with Gasteiger partial charge in [0.05, 0.1) is 10.4 Å². The molecule has 0 fully saturated rings. The first-order valence-corrected chi connectivity index (χ1v) is 11.2. The summed E-state index contributed by atoms with van der Waals surface area (Å²) in [6.07, 6.45) is 0. The molecule has 0 spiro atoms. The number of nitrogens with zero attached hydrogens (tertiary/aromatic N) is 3. The SMILES string of the molecule is CN(C)S(=O)(=O)c1ccc(Nc2nc(NCc3ccccc3)c3ccccc3n2)cc1. The van der Waals surface area contributed by atoms with Gasteiger partial charge in [0.25, 0.3) is 0 Å². The molecule has 0 atom stereocenters. The maximum absolute atomic E-state index is 12.3. The summed E-state index contributed by atoms with van der Waals surface area (Å²) < 4.78 is 25.7. The second-order valence-corrected chi connectivity index (χ2v) is 9.34. The Morgan fingerprint density at radius 3 is 2.23 bits per heavy atom. The molecule has 0 radical (unpaired) electrons. The fraction of sp³-hybridized carbons (Fsp3) is 0.130. The van der Waals surface area contributed by atoms with Gasteiger partial charge in [-0.15, -0.1) is 0 Å². The van der Waals surface area contributed by atoms with Crippen molar-refractivity contribution in [2.24, 2.45) is 0 Å². The van der Waals surface area contributed by atoms with E-state index < -0.39 is 10.0 Å². The molecule has 4 rings (SSSR count). The van der Waals surface area contributed by atoms with Crippen molar-refractivity contribution in [3.8, 4) is 0 Å². The Morgan fingerprint density at radius 1 is 0.839 bits per heavy atom. The van der Waals surface area contributed by atoms with Crippen molar-refractivity contribution in [2.75, 3.05) is 24.7 Å². The summed E-state index contributed by atoms with van der Waals surface area (Å²) >= 11 is 0. The molecule has 4 aromatic rings. The number of nitrogens with one attached hydrogen (secondary N) is 2. The van der Waals surface area contributed by atoms with Crippen molar-refractivity contribution in [1.29, 1.82) is 0 Å². The number of hydrogen-bond donors (Lipinski definition) is 2. The molecular formula is C23H23N5O2S. The van der Waals surface area contributed by atoms with Crippen LogP contribution in [0.4, 0.5) is 17.5 Å². The van der Waals surface area contributed by atoms with E-state index in [2.05, 4.69) is 32.7 Å².